The highest BCUT2D eigenvalue weighted by molar-refractivity contribution is 7.99. The molecule has 3 aromatic carbocycles. The number of ether oxygens (including phenoxy) is 2. The van der Waals surface area contributed by atoms with E-state index in [9.17, 15) is 9.18 Å². The number of rotatable bonds is 8. The Morgan fingerprint density at radius 2 is 1.70 bits per heavy atom. The van der Waals surface area contributed by atoms with Crippen molar-refractivity contribution in [2.24, 2.45) is 0 Å². The average Bonchev–Trinajstić information content (AvgIpc) is 3.28. The van der Waals surface area contributed by atoms with Crippen LogP contribution in [0.2, 0.25) is 0 Å². The van der Waals surface area contributed by atoms with Gasteiger partial charge in [0.15, 0.2) is 22.5 Å². The van der Waals surface area contributed by atoms with Crippen LogP contribution in [-0.2, 0) is 4.79 Å². The quantitative estimate of drug-likeness (QED) is 0.377. The number of thioether (sulfide) groups is 1. The second-order valence-electron chi connectivity index (χ2n) is 6.89. The van der Waals surface area contributed by atoms with Gasteiger partial charge in [-0.3, -0.25) is 9.36 Å². The molecule has 0 saturated carbocycles. The van der Waals surface area contributed by atoms with E-state index in [0.29, 0.717) is 28.2 Å². The number of hydrogen-bond acceptors (Lipinski definition) is 6. The van der Waals surface area contributed by atoms with Crippen molar-refractivity contribution in [3.63, 3.8) is 0 Å². The lowest BCUT2D eigenvalue weighted by atomic mass is 10.2. The van der Waals surface area contributed by atoms with Crippen LogP contribution in [0.25, 0.3) is 17.1 Å². The maximum atomic E-state index is 13.1. The number of anilines is 1. The maximum absolute atomic E-state index is 13.1. The van der Waals surface area contributed by atoms with E-state index < -0.39 is 0 Å². The molecule has 0 spiro atoms. The first-order valence-electron chi connectivity index (χ1n) is 10.0. The Bertz CT molecular complexity index is 1250. The van der Waals surface area contributed by atoms with Crippen molar-refractivity contribution in [1.29, 1.82) is 0 Å². The Morgan fingerprint density at radius 1 is 0.970 bits per heavy atom. The molecule has 0 fully saturated rings. The van der Waals surface area contributed by atoms with Gasteiger partial charge < -0.3 is 14.8 Å². The fourth-order valence-electron chi connectivity index (χ4n) is 3.20. The second kappa shape index (κ2) is 10.2. The number of carbonyl (C=O) groups excluding carboxylic acids is 1. The van der Waals surface area contributed by atoms with Gasteiger partial charge in [0, 0.05) is 16.9 Å². The molecule has 0 atom stereocenters. The van der Waals surface area contributed by atoms with Gasteiger partial charge in [-0.15, -0.1) is 10.2 Å². The highest BCUT2D eigenvalue weighted by atomic mass is 32.2. The lowest BCUT2D eigenvalue weighted by Crippen LogP contribution is -2.14. The van der Waals surface area contributed by atoms with Crippen LogP contribution in [-0.4, -0.2) is 40.6 Å². The molecule has 1 heterocycles. The number of aromatic nitrogens is 3. The smallest absolute Gasteiger partial charge is 0.234 e. The van der Waals surface area contributed by atoms with Crippen LogP contribution in [0.4, 0.5) is 10.1 Å². The molecule has 0 aliphatic heterocycles. The molecule has 168 valence electrons. The molecule has 7 nitrogen and oxygen atoms in total. The molecular formula is C24H21FN4O3S. The summed E-state index contributed by atoms with van der Waals surface area (Å²) < 4.78 is 25.7. The minimum absolute atomic E-state index is 0.105. The van der Waals surface area contributed by atoms with Crippen molar-refractivity contribution in [3.8, 4) is 28.6 Å². The van der Waals surface area contributed by atoms with Crippen LogP contribution in [0.3, 0.4) is 0 Å². The average molecular weight is 465 g/mol. The SMILES string of the molecule is COc1ccc(-c2nnc(SCC(=O)Nc3ccc(F)cc3)n2-c2ccccc2)cc1OC. The summed E-state index contributed by atoms with van der Waals surface area (Å²) >= 11 is 1.25. The summed E-state index contributed by atoms with van der Waals surface area (Å²) in [7, 11) is 3.15. The number of amides is 1. The van der Waals surface area contributed by atoms with Crippen molar-refractivity contribution < 1.29 is 18.7 Å². The lowest BCUT2D eigenvalue weighted by Gasteiger charge is -2.12. The second-order valence-corrected chi connectivity index (χ2v) is 7.83. The van der Waals surface area contributed by atoms with Crippen LogP contribution in [0.1, 0.15) is 0 Å². The first-order chi connectivity index (χ1) is 16.1. The molecule has 0 bridgehead atoms. The van der Waals surface area contributed by atoms with Crippen molar-refractivity contribution in [1.82, 2.24) is 14.8 Å². The summed E-state index contributed by atoms with van der Waals surface area (Å²) in [6, 6.07) is 20.8. The van der Waals surface area contributed by atoms with E-state index >= 15 is 0 Å². The van der Waals surface area contributed by atoms with E-state index in [0.717, 1.165) is 11.3 Å². The predicted octanol–water partition coefficient (Wildman–Crippen LogP) is 4.82. The largest absolute Gasteiger partial charge is 0.493 e. The van der Waals surface area contributed by atoms with Gasteiger partial charge >= 0.3 is 0 Å². The third-order valence-electron chi connectivity index (χ3n) is 4.75. The summed E-state index contributed by atoms with van der Waals surface area (Å²) in [6.07, 6.45) is 0. The standard InChI is InChI=1S/C24H21FN4O3S/c1-31-20-13-8-16(14-21(20)32-2)23-27-28-24(29(23)19-6-4-3-5-7-19)33-15-22(30)26-18-11-9-17(25)10-12-18/h3-14H,15H2,1-2H3,(H,26,30). The molecule has 1 aromatic heterocycles. The van der Waals surface area contributed by atoms with Gasteiger partial charge in [0.2, 0.25) is 5.91 Å². The first-order valence-corrected chi connectivity index (χ1v) is 11.0. The van der Waals surface area contributed by atoms with E-state index in [1.54, 1.807) is 20.3 Å². The molecule has 0 radical (unpaired) electrons. The van der Waals surface area contributed by atoms with Crippen LogP contribution in [0.5, 0.6) is 11.5 Å². The number of para-hydroxylation sites is 1. The summed E-state index contributed by atoms with van der Waals surface area (Å²) in [4.78, 5) is 12.4. The van der Waals surface area contributed by atoms with Crippen molar-refractivity contribution in [2.75, 3.05) is 25.3 Å². The zero-order valence-corrected chi connectivity index (χ0v) is 18.8. The molecule has 4 aromatic rings. The Morgan fingerprint density at radius 3 is 2.39 bits per heavy atom. The van der Waals surface area contributed by atoms with E-state index in [-0.39, 0.29) is 17.5 Å². The molecule has 0 saturated heterocycles. The zero-order valence-electron chi connectivity index (χ0n) is 18.0. The van der Waals surface area contributed by atoms with Gasteiger partial charge in [-0.05, 0) is 54.6 Å². The van der Waals surface area contributed by atoms with Crippen LogP contribution >= 0.6 is 11.8 Å². The van der Waals surface area contributed by atoms with Gasteiger partial charge in [-0.2, -0.15) is 0 Å². The number of nitrogens with zero attached hydrogens (tertiary/aromatic N) is 3. The Balaban J connectivity index is 1.62. The molecule has 1 N–H and O–H groups in total. The number of halogens is 1. The molecular weight excluding hydrogens is 443 g/mol. The molecule has 0 aliphatic rings. The summed E-state index contributed by atoms with van der Waals surface area (Å²) in [5, 5.41) is 12.0. The normalized spacial score (nSPS) is 10.6. The molecule has 4 rings (SSSR count). The topological polar surface area (TPSA) is 78.3 Å². The minimum Gasteiger partial charge on any atom is -0.493 e. The Kier molecular flexibility index (Phi) is 6.89. The van der Waals surface area contributed by atoms with Crippen molar-refractivity contribution in [2.45, 2.75) is 5.16 Å². The maximum Gasteiger partial charge on any atom is 0.234 e. The summed E-state index contributed by atoms with van der Waals surface area (Å²) in [5.74, 6) is 1.30. The highest BCUT2D eigenvalue weighted by Gasteiger charge is 2.19. The number of carbonyl (C=O) groups is 1. The fourth-order valence-corrected chi connectivity index (χ4v) is 3.95. The number of hydrogen-bond donors (Lipinski definition) is 1. The number of benzene rings is 3. The summed E-state index contributed by atoms with van der Waals surface area (Å²) in [5.41, 5.74) is 2.16. The van der Waals surface area contributed by atoms with Gasteiger partial charge in [-0.25, -0.2) is 4.39 Å². The van der Waals surface area contributed by atoms with E-state index in [4.69, 9.17) is 9.47 Å². The fraction of sp³-hybridized carbons (Fsp3) is 0.125. The number of nitrogens with one attached hydrogen (secondary N) is 1. The molecule has 33 heavy (non-hydrogen) atoms. The third kappa shape index (κ3) is 5.15. The molecule has 0 aliphatic carbocycles. The summed E-state index contributed by atoms with van der Waals surface area (Å²) in [6.45, 7) is 0. The van der Waals surface area contributed by atoms with Crippen molar-refractivity contribution in [3.05, 3.63) is 78.6 Å². The third-order valence-corrected chi connectivity index (χ3v) is 5.68. The van der Waals surface area contributed by atoms with Gasteiger partial charge in [-0.1, -0.05) is 30.0 Å². The Hall–Kier alpha value is -3.85. The van der Waals surface area contributed by atoms with E-state index in [1.165, 1.54) is 36.0 Å². The van der Waals surface area contributed by atoms with Gasteiger partial charge in [0.1, 0.15) is 5.82 Å². The highest BCUT2D eigenvalue weighted by Crippen LogP contribution is 2.34. The van der Waals surface area contributed by atoms with Crippen LogP contribution in [0.15, 0.2) is 78.0 Å². The lowest BCUT2D eigenvalue weighted by molar-refractivity contribution is -0.113. The zero-order chi connectivity index (χ0) is 23.2. The molecule has 9 heteroatoms. The van der Waals surface area contributed by atoms with Gasteiger partial charge in [0.05, 0.1) is 20.0 Å². The van der Waals surface area contributed by atoms with Crippen LogP contribution < -0.4 is 14.8 Å². The predicted molar refractivity (Wildman–Crippen MR) is 126 cm³/mol. The molecule has 1 amide bonds. The Labute approximate surface area is 194 Å². The first kappa shape index (κ1) is 22.3. The van der Waals surface area contributed by atoms with E-state index in [1.807, 2.05) is 47.0 Å². The minimum atomic E-state index is -0.360. The number of methoxy groups -OCH3 is 2. The molecule has 0 unspecified atom stereocenters. The van der Waals surface area contributed by atoms with Crippen LogP contribution in [0, 0.1) is 5.82 Å². The monoisotopic (exact) mass is 464 g/mol. The van der Waals surface area contributed by atoms with Gasteiger partial charge in [0.25, 0.3) is 0 Å². The van der Waals surface area contributed by atoms with Crippen molar-refractivity contribution >= 4 is 23.4 Å². The van der Waals surface area contributed by atoms with E-state index in [2.05, 4.69) is 15.5 Å².